The lowest BCUT2D eigenvalue weighted by atomic mass is 10.1. The van der Waals surface area contributed by atoms with E-state index in [2.05, 4.69) is 25.1 Å². The van der Waals surface area contributed by atoms with Crippen molar-refractivity contribution >= 4 is 57.5 Å². The normalized spacial score (nSPS) is 13.9. The van der Waals surface area contributed by atoms with Crippen LogP contribution in [0.5, 0.6) is 0 Å². The van der Waals surface area contributed by atoms with E-state index in [1.165, 1.54) is 17.7 Å². The number of halogens is 7. The van der Waals surface area contributed by atoms with Crippen LogP contribution in [0.25, 0.3) is 21.5 Å². The summed E-state index contributed by atoms with van der Waals surface area (Å²) in [6.07, 6.45) is -8.71. The van der Waals surface area contributed by atoms with Crippen LogP contribution in [-0.4, -0.2) is 90.0 Å². The van der Waals surface area contributed by atoms with Crippen molar-refractivity contribution in [1.82, 2.24) is 30.0 Å². The average molecular weight is 682 g/mol. The minimum atomic E-state index is -5.08. The number of H-pyrrole nitrogens is 1. The van der Waals surface area contributed by atoms with Crippen LogP contribution in [0.1, 0.15) is 11.3 Å². The van der Waals surface area contributed by atoms with E-state index in [0.29, 0.717) is 32.0 Å². The Labute approximate surface area is 258 Å². The number of nitrogens with one attached hydrogen (secondary N) is 1. The number of benzene rings is 1. The number of aliphatic carboxylic acids is 2. The molecule has 4 aromatic rings. The Hall–Kier alpha value is -4.49. The van der Waals surface area contributed by atoms with Crippen LogP contribution in [0.15, 0.2) is 42.7 Å². The number of rotatable bonds is 5. The van der Waals surface area contributed by atoms with Crippen molar-refractivity contribution in [2.45, 2.75) is 25.4 Å². The second kappa shape index (κ2) is 14.5. The standard InChI is InChI=1S/C21H20ClN7OS.2C2HF3O2/c22-19-4-3-18(31-19)17-8-14(26-27-17)10-28-5-6-29(20(30)11-28)9-13-1-2-15-16(7-13)24-12-25-21(15)23;2*3-2(4,5)1(6)7/h1-4,7-8,12H,5-6,9-11H2,(H,26,27)(H2,23,24,25);2*(H,6,7). The maximum absolute atomic E-state index is 12.7. The molecule has 0 aliphatic carbocycles. The van der Waals surface area contributed by atoms with E-state index in [9.17, 15) is 31.1 Å². The minimum Gasteiger partial charge on any atom is -0.475 e. The third-order valence-electron chi connectivity index (χ3n) is 5.84. The van der Waals surface area contributed by atoms with Gasteiger partial charge in [-0.1, -0.05) is 17.7 Å². The van der Waals surface area contributed by atoms with Gasteiger partial charge in [0, 0.05) is 37.3 Å². The Balaban J connectivity index is 0.000000331. The van der Waals surface area contributed by atoms with E-state index in [1.807, 2.05) is 41.3 Å². The molecule has 0 saturated carbocycles. The van der Waals surface area contributed by atoms with Crippen LogP contribution in [0, 0.1) is 0 Å². The minimum absolute atomic E-state index is 0.110. The molecular formula is C25H22ClF6N7O5S. The second-order valence-corrected chi connectivity index (χ2v) is 10.8. The molecule has 3 aromatic heterocycles. The summed E-state index contributed by atoms with van der Waals surface area (Å²) in [5.41, 5.74) is 9.56. The summed E-state index contributed by atoms with van der Waals surface area (Å²) in [6, 6.07) is 11.7. The van der Waals surface area contributed by atoms with Crippen LogP contribution >= 0.6 is 22.9 Å². The van der Waals surface area contributed by atoms with Crippen molar-refractivity contribution in [1.29, 1.82) is 0 Å². The molecule has 242 valence electrons. The predicted octanol–water partition coefficient (Wildman–Crippen LogP) is 4.43. The lowest BCUT2D eigenvalue weighted by molar-refractivity contribution is -0.193. The zero-order valence-corrected chi connectivity index (χ0v) is 24.1. The molecule has 0 atom stereocenters. The molecule has 0 spiro atoms. The van der Waals surface area contributed by atoms with Gasteiger partial charge in [0.15, 0.2) is 0 Å². The molecule has 12 nitrogen and oxygen atoms in total. The van der Waals surface area contributed by atoms with Crippen molar-refractivity contribution in [3.05, 3.63) is 58.3 Å². The van der Waals surface area contributed by atoms with Gasteiger partial charge >= 0.3 is 24.3 Å². The fraction of sp³-hybridized carbons (Fsp3) is 0.280. The Morgan fingerprint density at radius 1 is 0.978 bits per heavy atom. The first-order valence-electron chi connectivity index (χ1n) is 12.3. The number of hydrogen-bond donors (Lipinski definition) is 4. The lowest BCUT2D eigenvalue weighted by Crippen LogP contribution is -2.49. The fourth-order valence-corrected chi connectivity index (χ4v) is 4.77. The van der Waals surface area contributed by atoms with Gasteiger partial charge in [0.2, 0.25) is 5.91 Å². The Morgan fingerprint density at radius 3 is 2.18 bits per heavy atom. The summed E-state index contributed by atoms with van der Waals surface area (Å²) in [5, 5.41) is 22.5. The monoisotopic (exact) mass is 681 g/mol. The Morgan fingerprint density at radius 2 is 1.62 bits per heavy atom. The highest BCUT2D eigenvalue weighted by Gasteiger charge is 2.38. The highest BCUT2D eigenvalue weighted by molar-refractivity contribution is 7.19. The second-order valence-electron chi connectivity index (χ2n) is 9.12. The van der Waals surface area contributed by atoms with Gasteiger partial charge in [0.25, 0.3) is 0 Å². The molecule has 1 saturated heterocycles. The third kappa shape index (κ3) is 10.3. The molecule has 45 heavy (non-hydrogen) atoms. The molecule has 0 unspecified atom stereocenters. The molecule has 1 aliphatic rings. The van der Waals surface area contributed by atoms with Gasteiger partial charge in [-0.05, 0) is 35.9 Å². The van der Waals surface area contributed by atoms with E-state index >= 15 is 0 Å². The summed E-state index contributed by atoms with van der Waals surface area (Å²) in [6.45, 7) is 3.05. The molecule has 1 amide bonds. The van der Waals surface area contributed by atoms with Crippen molar-refractivity contribution in [3.8, 4) is 10.6 Å². The first-order chi connectivity index (χ1) is 20.9. The smallest absolute Gasteiger partial charge is 0.475 e. The highest BCUT2D eigenvalue weighted by Crippen LogP contribution is 2.30. The van der Waals surface area contributed by atoms with Crippen molar-refractivity contribution in [2.24, 2.45) is 0 Å². The van der Waals surface area contributed by atoms with Gasteiger partial charge in [-0.2, -0.15) is 31.4 Å². The molecule has 0 radical (unpaired) electrons. The number of thiophene rings is 1. The predicted molar refractivity (Wildman–Crippen MR) is 149 cm³/mol. The number of carbonyl (C=O) groups excluding carboxylic acids is 1. The summed E-state index contributed by atoms with van der Waals surface area (Å²) in [4.78, 5) is 43.9. The van der Waals surface area contributed by atoms with Gasteiger partial charge in [0.05, 0.1) is 21.3 Å². The zero-order chi connectivity index (χ0) is 33.5. The number of carboxylic acid groups (broad SMARTS) is 2. The van der Waals surface area contributed by atoms with Crippen molar-refractivity contribution in [3.63, 3.8) is 0 Å². The number of carbonyl (C=O) groups is 3. The molecule has 5 rings (SSSR count). The highest BCUT2D eigenvalue weighted by atomic mass is 35.5. The molecule has 4 heterocycles. The number of aromatic amines is 1. The number of aromatic nitrogens is 4. The third-order valence-corrected chi connectivity index (χ3v) is 7.09. The summed E-state index contributed by atoms with van der Waals surface area (Å²) < 4.78 is 64.2. The summed E-state index contributed by atoms with van der Waals surface area (Å²) in [7, 11) is 0. The number of nitrogens with zero attached hydrogens (tertiary/aromatic N) is 5. The first-order valence-corrected chi connectivity index (χ1v) is 13.5. The number of nitrogen functional groups attached to an aromatic ring is 1. The van der Waals surface area contributed by atoms with Crippen LogP contribution < -0.4 is 5.73 Å². The van der Waals surface area contributed by atoms with Gasteiger partial charge in [0.1, 0.15) is 17.8 Å². The van der Waals surface area contributed by atoms with E-state index in [4.69, 9.17) is 37.1 Å². The number of amides is 1. The van der Waals surface area contributed by atoms with Crippen LogP contribution in [0.2, 0.25) is 4.34 Å². The number of nitrogens with two attached hydrogens (primary N) is 1. The quantitative estimate of drug-likeness (QED) is 0.220. The lowest BCUT2D eigenvalue weighted by Gasteiger charge is -2.34. The summed E-state index contributed by atoms with van der Waals surface area (Å²) in [5.74, 6) is -4.94. The number of anilines is 1. The topological polar surface area (TPSA) is 179 Å². The summed E-state index contributed by atoms with van der Waals surface area (Å²) >= 11 is 7.51. The average Bonchev–Trinajstić information content (AvgIpc) is 3.59. The number of alkyl halides is 6. The first kappa shape index (κ1) is 35.0. The van der Waals surface area contributed by atoms with Crippen molar-refractivity contribution in [2.75, 3.05) is 25.4 Å². The van der Waals surface area contributed by atoms with Gasteiger partial charge < -0.3 is 20.8 Å². The Kier molecular flexibility index (Phi) is 11.3. The van der Waals surface area contributed by atoms with E-state index in [-0.39, 0.29) is 5.91 Å². The molecule has 1 aliphatic heterocycles. The number of piperazine rings is 1. The number of carboxylic acids is 2. The SMILES string of the molecule is Nc1ncnc2cc(CN3CCN(Cc4cc(-c5ccc(Cl)s5)n[nH]4)CC3=O)ccc12.O=C(O)C(F)(F)F.O=C(O)C(F)(F)F. The molecule has 5 N–H and O–H groups in total. The fourth-order valence-electron chi connectivity index (χ4n) is 3.76. The molecule has 1 aromatic carbocycles. The molecule has 20 heteroatoms. The van der Waals surface area contributed by atoms with Gasteiger partial charge in [-0.25, -0.2) is 19.6 Å². The largest absolute Gasteiger partial charge is 0.490 e. The van der Waals surface area contributed by atoms with Crippen LogP contribution in [-0.2, 0) is 27.5 Å². The van der Waals surface area contributed by atoms with Crippen LogP contribution in [0.4, 0.5) is 32.2 Å². The Bertz CT molecular complexity index is 1640. The maximum atomic E-state index is 12.7. The number of hydrogen-bond acceptors (Lipinski definition) is 9. The van der Waals surface area contributed by atoms with E-state index in [0.717, 1.165) is 43.6 Å². The molecule has 0 bridgehead atoms. The van der Waals surface area contributed by atoms with Crippen LogP contribution in [0.3, 0.4) is 0 Å². The maximum Gasteiger partial charge on any atom is 0.490 e. The van der Waals surface area contributed by atoms with E-state index < -0.39 is 24.3 Å². The van der Waals surface area contributed by atoms with Gasteiger partial charge in [-0.15, -0.1) is 11.3 Å². The molecule has 1 fully saturated rings. The zero-order valence-electron chi connectivity index (χ0n) is 22.6. The van der Waals surface area contributed by atoms with Gasteiger partial charge in [-0.3, -0.25) is 14.8 Å². The van der Waals surface area contributed by atoms with Crippen molar-refractivity contribution < 1.29 is 50.9 Å². The number of fused-ring (bicyclic) bond motifs is 1. The van der Waals surface area contributed by atoms with E-state index in [1.54, 1.807) is 0 Å². The molecular weight excluding hydrogens is 660 g/mol.